The van der Waals surface area contributed by atoms with Gasteiger partial charge in [-0.1, -0.05) is 18.2 Å². The minimum Gasteiger partial charge on any atom is -0.491 e. The molecule has 0 unspecified atom stereocenters. The molecule has 0 radical (unpaired) electrons. The quantitative estimate of drug-likeness (QED) is 0.849. The zero-order chi connectivity index (χ0) is 14.6. The zero-order valence-electron chi connectivity index (χ0n) is 12.5. The summed E-state index contributed by atoms with van der Waals surface area (Å²) in [5.41, 5.74) is -0.454. The number of amides is 1. The lowest BCUT2D eigenvalue weighted by atomic mass is 10.2. The van der Waals surface area contributed by atoms with Crippen LogP contribution in [0, 0.1) is 0 Å². The normalized spacial score (nSPS) is 18.9. The van der Waals surface area contributed by atoms with E-state index in [1.807, 2.05) is 51.1 Å². The number of ether oxygens (including phenoxy) is 2. The molecule has 1 atom stereocenters. The van der Waals surface area contributed by atoms with Gasteiger partial charge in [0, 0.05) is 6.54 Å². The molecule has 0 spiro atoms. The lowest BCUT2D eigenvalue weighted by molar-refractivity contribution is 0.0187. The van der Waals surface area contributed by atoms with E-state index in [1.165, 1.54) is 0 Å². The highest BCUT2D eigenvalue weighted by Crippen LogP contribution is 2.22. The van der Waals surface area contributed by atoms with Crippen LogP contribution in [0.1, 0.15) is 33.6 Å². The Hall–Kier alpha value is -1.71. The molecule has 0 aliphatic carbocycles. The van der Waals surface area contributed by atoms with Gasteiger partial charge in [-0.2, -0.15) is 0 Å². The molecular weight excluding hydrogens is 254 g/mol. The topological polar surface area (TPSA) is 38.8 Å². The highest BCUT2D eigenvalue weighted by Gasteiger charge is 2.32. The van der Waals surface area contributed by atoms with E-state index in [-0.39, 0.29) is 12.1 Å². The summed E-state index contributed by atoms with van der Waals surface area (Å²) < 4.78 is 11.2. The second-order valence-corrected chi connectivity index (χ2v) is 6.09. The molecule has 2 rings (SSSR count). The van der Waals surface area contributed by atoms with Crippen LogP contribution < -0.4 is 4.74 Å². The van der Waals surface area contributed by atoms with Crippen molar-refractivity contribution in [3.8, 4) is 5.75 Å². The van der Waals surface area contributed by atoms with Gasteiger partial charge in [0.1, 0.15) is 18.0 Å². The van der Waals surface area contributed by atoms with Crippen molar-refractivity contribution in [1.29, 1.82) is 0 Å². The number of hydrogen-bond acceptors (Lipinski definition) is 3. The van der Waals surface area contributed by atoms with Gasteiger partial charge in [-0.05, 0) is 45.7 Å². The maximum absolute atomic E-state index is 12.1. The van der Waals surface area contributed by atoms with Crippen LogP contribution in [-0.4, -0.2) is 35.8 Å². The first-order valence-electron chi connectivity index (χ1n) is 7.13. The summed E-state index contributed by atoms with van der Waals surface area (Å²) in [4.78, 5) is 13.9. The van der Waals surface area contributed by atoms with Crippen LogP contribution in [0.25, 0.3) is 0 Å². The van der Waals surface area contributed by atoms with Crippen LogP contribution >= 0.6 is 0 Å². The molecule has 0 N–H and O–H groups in total. The minimum atomic E-state index is -0.454. The Morgan fingerprint density at radius 3 is 2.65 bits per heavy atom. The Balaban J connectivity index is 1.89. The fourth-order valence-corrected chi connectivity index (χ4v) is 2.28. The van der Waals surface area contributed by atoms with Crippen molar-refractivity contribution >= 4 is 6.09 Å². The van der Waals surface area contributed by atoms with Gasteiger partial charge in [-0.3, -0.25) is 0 Å². The van der Waals surface area contributed by atoms with Crippen molar-refractivity contribution in [3.05, 3.63) is 30.3 Å². The smallest absolute Gasteiger partial charge is 0.410 e. The average Bonchev–Trinajstić information content (AvgIpc) is 2.84. The summed E-state index contributed by atoms with van der Waals surface area (Å²) in [6.07, 6.45) is 1.73. The van der Waals surface area contributed by atoms with Crippen molar-refractivity contribution in [2.24, 2.45) is 0 Å². The highest BCUT2D eigenvalue weighted by molar-refractivity contribution is 5.69. The fourth-order valence-electron chi connectivity index (χ4n) is 2.28. The van der Waals surface area contributed by atoms with Gasteiger partial charge in [-0.15, -0.1) is 0 Å². The van der Waals surface area contributed by atoms with E-state index >= 15 is 0 Å². The molecular formula is C16H23NO3. The van der Waals surface area contributed by atoms with Crippen molar-refractivity contribution in [1.82, 2.24) is 4.90 Å². The van der Waals surface area contributed by atoms with Gasteiger partial charge < -0.3 is 14.4 Å². The van der Waals surface area contributed by atoms with E-state index < -0.39 is 5.60 Å². The summed E-state index contributed by atoms with van der Waals surface area (Å²) in [5.74, 6) is 0.837. The molecule has 1 aromatic carbocycles. The van der Waals surface area contributed by atoms with Crippen LogP contribution in [0.5, 0.6) is 5.75 Å². The summed E-state index contributed by atoms with van der Waals surface area (Å²) in [6, 6.07) is 9.78. The van der Waals surface area contributed by atoms with Gasteiger partial charge in [0.25, 0.3) is 0 Å². The molecule has 1 fully saturated rings. The third-order valence-corrected chi connectivity index (χ3v) is 3.19. The predicted molar refractivity (Wildman–Crippen MR) is 77.9 cm³/mol. The summed E-state index contributed by atoms with van der Waals surface area (Å²) >= 11 is 0. The largest absolute Gasteiger partial charge is 0.491 e. The maximum Gasteiger partial charge on any atom is 0.410 e. The Morgan fingerprint density at radius 1 is 1.30 bits per heavy atom. The van der Waals surface area contributed by atoms with Crippen LogP contribution in [-0.2, 0) is 4.74 Å². The lowest BCUT2D eigenvalue weighted by Gasteiger charge is -2.28. The molecule has 0 aromatic heterocycles. The monoisotopic (exact) mass is 277 g/mol. The SMILES string of the molecule is CC(C)(C)OC(=O)N1CCC[C@@H]1COc1ccccc1. The fraction of sp³-hybridized carbons (Fsp3) is 0.562. The van der Waals surface area contributed by atoms with Gasteiger partial charge in [0.05, 0.1) is 6.04 Å². The first kappa shape index (κ1) is 14.7. The molecule has 0 saturated carbocycles. The number of para-hydroxylation sites is 1. The third-order valence-electron chi connectivity index (χ3n) is 3.19. The molecule has 4 nitrogen and oxygen atoms in total. The zero-order valence-corrected chi connectivity index (χ0v) is 12.5. The van der Waals surface area contributed by atoms with Crippen LogP contribution in [0.3, 0.4) is 0 Å². The van der Waals surface area contributed by atoms with Crippen molar-refractivity contribution in [2.45, 2.75) is 45.3 Å². The third kappa shape index (κ3) is 4.15. The van der Waals surface area contributed by atoms with Crippen molar-refractivity contribution < 1.29 is 14.3 Å². The summed E-state index contributed by atoms with van der Waals surface area (Å²) in [7, 11) is 0. The van der Waals surface area contributed by atoms with Gasteiger partial charge in [0.15, 0.2) is 0 Å². The molecule has 20 heavy (non-hydrogen) atoms. The number of likely N-dealkylation sites (tertiary alicyclic amines) is 1. The predicted octanol–water partition coefficient (Wildman–Crippen LogP) is 3.46. The first-order chi connectivity index (χ1) is 9.46. The standard InChI is InChI=1S/C16H23NO3/c1-16(2,3)20-15(18)17-11-7-8-13(17)12-19-14-9-5-4-6-10-14/h4-6,9-10,13H,7-8,11-12H2,1-3H3/t13-/m1/s1. The molecule has 1 heterocycles. The Kier molecular flexibility index (Phi) is 4.53. The molecule has 110 valence electrons. The van der Waals surface area contributed by atoms with Gasteiger partial charge in [-0.25, -0.2) is 4.79 Å². The first-order valence-corrected chi connectivity index (χ1v) is 7.13. The van der Waals surface area contributed by atoms with Gasteiger partial charge >= 0.3 is 6.09 Å². The highest BCUT2D eigenvalue weighted by atomic mass is 16.6. The van der Waals surface area contributed by atoms with E-state index in [2.05, 4.69) is 0 Å². The minimum absolute atomic E-state index is 0.102. The number of nitrogens with zero attached hydrogens (tertiary/aromatic N) is 1. The average molecular weight is 277 g/mol. The Labute approximate surface area is 120 Å². The summed E-state index contributed by atoms with van der Waals surface area (Å²) in [5, 5.41) is 0. The number of carbonyl (C=O) groups is 1. The van der Waals surface area contributed by atoms with Gasteiger partial charge in [0.2, 0.25) is 0 Å². The van der Waals surface area contributed by atoms with Crippen molar-refractivity contribution in [3.63, 3.8) is 0 Å². The molecule has 1 aliphatic heterocycles. The number of carbonyl (C=O) groups excluding carboxylic acids is 1. The van der Waals surface area contributed by atoms with Crippen molar-refractivity contribution in [2.75, 3.05) is 13.2 Å². The molecule has 4 heteroatoms. The van der Waals surface area contributed by atoms with E-state index in [9.17, 15) is 4.79 Å². The lowest BCUT2D eigenvalue weighted by Crippen LogP contribution is -2.42. The van der Waals surface area contributed by atoms with E-state index in [1.54, 1.807) is 4.90 Å². The Bertz CT molecular complexity index is 439. The maximum atomic E-state index is 12.1. The molecule has 1 aromatic rings. The molecule has 1 amide bonds. The van der Waals surface area contributed by atoms with Crippen LogP contribution in [0.2, 0.25) is 0 Å². The molecule has 1 saturated heterocycles. The second kappa shape index (κ2) is 6.16. The summed E-state index contributed by atoms with van der Waals surface area (Å²) in [6.45, 7) is 6.92. The van der Waals surface area contributed by atoms with E-state index in [0.717, 1.165) is 25.1 Å². The number of benzene rings is 1. The molecule has 1 aliphatic rings. The number of hydrogen-bond donors (Lipinski definition) is 0. The van der Waals surface area contributed by atoms with Crippen LogP contribution in [0.15, 0.2) is 30.3 Å². The van der Waals surface area contributed by atoms with E-state index in [0.29, 0.717) is 6.61 Å². The Morgan fingerprint density at radius 2 is 2.00 bits per heavy atom. The second-order valence-electron chi connectivity index (χ2n) is 6.09. The molecule has 0 bridgehead atoms. The van der Waals surface area contributed by atoms with Crippen LogP contribution in [0.4, 0.5) is 4.79 Å². The van der Waals surface area contributed by atoms with E-state index in [4.69, 9.17) is 9.47 Å². The number of rotatable bonds is 3.